The lowest BCUT2D eigenvalue weighted by molar-refractivity contribution is 0.0566. The summed E-state index contributed by atoms with van der Waals surface area (Å²) < 4.78 is 1.74. The Morgan fingerprint density at radius 3 is 2.83 bits per heavy atom. The molecule has 0 spiro atoms. The minimum Gasteiger partial charge on any atom is -0.336 e. The lowest BCUT2D eigenvalue weighted by Crippen LogP contribution is -2.47. The third kappa shape index (κ3) is 2.27. The van der Waals surface area contributed by atoms with Crippen LogP contribution >= 0.6 is 0 Å². The lowest BCUT2D eigenvalue weighted by atomic mass is 9.93. The topological polar surface area (TPSA) is 64.2 Å². The second-order valence-electron chi connectivity index (χ2n) is 5.25. The van der Waals surface area contributed by atoms with Gasteiger partial charge < -0.3 is 10.6 Å². The summed E-state index contributed by atoms with van der Waals surface area (Å²) in [6, 6.07) is 0.292. The van der Waals surface area contributed by atoms with Crippen molar-refractivity contribution in [1.82, 2.24) is 14.7 Å². The van der Waals surface area contributed by atoms with E-state index >= 15 is 0 Å². The summed E-state index contributed by atoms with van der Waals surface area (Å²) in [7, 11) is 1.86. The number of nitrogens with zero attached hydrogens (tertiary/aromatic N) is 3. The van der Waals surface area contributed by atoms with E-state index in [4.69, 9.17) is 5.73 Å². The van der Waals surface area contributed by atoms with Crippen molar-refractivity contribution in [3.8, 4) is 0 Å². The Bertz CT molecular complexity index is 440. The highest BCUT2D eigenvalue weighted by Gasteiger charge is 2.30. The average molecular weight is 250 g/mol. The molecule has 1 amide bonds. The number of carbonyl (C=O) groups excluding carboxylic acids is 1. The standard InChI is InChI=1S/C13H22N4O/c1-9-4-5-11(6-14)8-17(9)13(18)12-7-15-16(3)10(12)2/h7,9,11H,4-6,8,14H2,1-3H3. The van der Waals surface area contributed by atoms with E-state index in [2.05, 4.69) is 12.0 Å². The summed E-state index contributed by atoms with van der Waals surface area (Å²) >= 11 is 0. The molecule has 2 rings (SSSR count). The molecular weight excluding hydrogens is 228 g/mol. The molecule has 2 N–H and O–H groups in total. The maximum Gasteiger partial charge on any atom is 0.257 e. The van der Waals surface area contributed by atoms with E-state index in [0.717, 1.165) is 25.1 Å². The van der Waals surface area contributed by atoms with Gasteiger partial charge in [0, 0.05) is 25.3 Å². The first-order valence-electron chi connectivity index (χ1n) is 6.54. The minimum atomic E-state index is 0.0891. The SMILES string of the molecule is Cc1c(C(=O)N2CC(CN)CCC2C)cnn1C. The van der Waals surface area contributed by atoms with Gasteiger partial charge in [0.2, 0.25) is 0 Å². The Morgan fingerprint density at radius 2 is 2.28 bits per heavy atom. The van der Waals surface area contributed by atoms with E-state index in [-0.39, 0.29) is 5.91 Å². The molecule has 0 saturated carbocycles. The van der Waals surface area contributed by atoms with Gasteiger partial charge in [-0.3, -0.25) is 9.48 Å². The molecular formula is C13H22N4O. The van der Waals surface area contributed by atoms with Crippen molar-refractivity contribution < 1.29 is 4.79 Å². The molecule has 1 aliphatic rings. The number of amides is 1. The fraction of sp³-hybridized carbons (Fsp3) is 0.692. The van der Waals surface area contributed by atoms with Crippen LogP contribution in [0.3, 0.4) is 0 Å². The quantitative estimate of drug-likeness (QED) is 0.849. The molecule has 0 aromatic carbocycles. The first-order valence-corrected chi connectivity index (χ1v) is 6.54. The Hall–Kier alpha value is -1.36. The fourth-order valence-corrected chi connectivity index (χ4v) is 2.52. The van der Waals surface area contributed by atoms with Crippen LogP contribution in [0.15, 0.2) is 6.20 Å². The molecule has 1 saturated heterocycles. The number of aromatic nitrogens is 2. The highest BCUT2D eigenvalue weighted by Crippen LogP contribution is 2.23. The Morgan fingerprint density at radius 1 is 1.56 bits per heavy atom. The van der Waals surface area contributed by atoms with Crippen LogP contribution in [0.1, 0.15) is 35.8 Å². The van der Waals surface area contributed by atoms with E-state index < -0.39 is 0 Å². The zero-order valence-corrected chi connectivity index (χ0v) is 11.4. The number of likely N-dealkylation sites (tertiary alicyclic amines) is 1. The third-order valence-electron chi connectivity index (χ3n) is 4.04. The van der Waals surface area contributed by atoms with Gasteiger partial charge in [-0.1, -0.05) is 0 Å². The van der Waals surface area contributed by atoms with Crippen molar-refractivity contribution in [1.29, 1.82) is 0 Å². The van der Waals surface area contributed by atoms with Gasteiger partial charge in [0.15, 0.2) is 0 Å². The lowest BCUT2D eigenvalue weighted by Gasteiger charge is -2.37. The largest absolute Gasteiger partial charge is 0.336 e. The van der Waals surface area contributed by atoms with Gasteiger partial charge in [0.05, 0.1) is 11.8 Å². The number of hydrogen-bond acceptors (Lipinski definition) is 3. The summed E-state index contributed by atoms with van der Waals surface area (Å²) in [6.07, 6.45) is 3.82. The van der Waals surface area contributed by atoms with Crippen molar-refractivity contribution in [2.45, 2.75) is 32.7 Å². The zero-order valence-electron chi connectivity index (χ0n) is 11.4. The van der Waals surface area contributed by atoms with Gasteiger partial charge >= 0.3 is 0 Å². The van der Waals surface area contributed by atoms with Gasteiger partial charge in [-0.25, -0.2) is 0 Å². The van der Waals surface area contributed by atoms with Crippen molar-refractivity contribution in [2.24, 2.45) is 18.7 Å². The maximum atomic E-state index is 12.5. The van der Waals surface area contributed by atoms with Gasteiger partial charge in [-0.2, -0.15) is 5.10 Å². The van der Waals surface area contributed by atoms with Crippen LogP contribution in [0.5, 0.6) is 0 Å². The Balaban J connectivity index is 2.19. The van der Waals surface area contributed by atoms with Crippen LogP contribution < -0.4 is 5.73 Å². The summed E-state index contributed by atoms with van der Waals surface area (Å²) in [4.78, 5) is 14.5. The van der Waals surface area contributed by atoms with E-state index in [1.54, 1.807) is 10.9 Å². The van der Waals surface area contributed by atoms with Gasteiger partial charge in [0.1, 0.15) is 0 Å². The Labute approximate surface area is 108 Å². The second-order valence-corrected chi connectivity index (χ2v) is 5.25. The molecule has 1 fully saturated rings. The van der Waals surface area contributed by atoms with E-state index in [1.165, 1.54) is 0 Å². The second kappa shape index (κ2) is 5.10. The number of nitrogens with two attached hydrogens (primary N) is 1. The molecule has 100 valence electrons. The van der Waals surface area contributed by atoms with Gasteiger partial charge in [-0.05, 0) is 39.2 Å². The van der Waals surface area contributed by atoms with Gasteiger partial charge in [0.25, 0.3) is 5.91 Å². The monoisotopic (exact) mass is 250 g/mol. The molecule has 0 aliphatic carbocycles. The van der Waals surface area contributed by atoms with Crippen molar-refractivity contribution in [3.63, 3.8) is 0 Å². The maximum absolute atomic E-state index is 12.5. The molecule has 0 radical (unpaired) electrons. The number of rotatable bonds is 2. The van der Waals surface area contributed by atoms with Crippen LogP contribution in [-0.2, 0) is 7.05 Å². The molecule has 1 aromatic rings. The first kappa shape index (κ1) is 13.1. The van der Waals surface area contributed by atoms with E-state index in [9.17, 15) is 4.79 Å². The predicted molar refractivity (Wildman–Crippen MR) is 70.2 cm³/mol. The number of carbonyl (C=O) groups is 1. The molecule has 2 atom stereocenters. The van der Waals surface area contributed by atoms with Crippen LogP contribution in [-0.4, -0.2) is 39.7 Å². The number of aryl methyl sites for hydroxylation is 1. The molecule has 5 nitrogen and oxygen atoms in total. The Kier molecular flexibility index (Phi) is 3.71. The minimum absolute atomic E-state index is 0.0891. The van der Waals surface area contributed by atoms with Crippen LogP contribution in [0, 0.1) is 12.8 Å². The normalized spacial score (nSPS) is 24.3. The molecule has 1 aromatic heterocycles. The molecule has 18 heavy (non-hydrogen) atoms. The predicted octanol–water partition coefficient (Wildman–Crippen LogP) is 0.928. The summed E-state index contributed by atoms with van der Waals surface area (Å²) in [5, 5.41) is 4.14. The van der Waals surface area contributed by atoms with Crippen LogP contribution in [0.2, 0.25) is 0 Å². The van der Waals surface area contributed by atoms with Crippen LogP contribution in [0.25, 0.3) is 0 Å². The van der Waals surface area contributed by atoms with Crippen molar-refractivity contribution in [2.75, 3.05) is 13.1 Å². The highest BCUT2D eigenvalue weighted by molar-refractivity contribution is 5.95. The summed E-state index contributed by atoms with van der Waals surface area (Å²) in [5.74, 6) is 0.522. The number of hydrogen-bond donors (Lipinski definition) is 1. The van der Waals surface area contributed by atoms with Gasteiger partial charge in [-0.15, -0.1) is 0 Å². The molecule has 2 heterocycles. The van der Waals surface area contributed by atoms with E-state index in [1.807, 2.05) is 18.9 Å². The summed E-state index contributed by atoms with van der Waals surface area (Å²) in [6.45, 7) is 5.46. The molecule has 0 bridgehead atoms. The third-order valence-corrected chi connectivity index (χ3v) is 4.04. The molecule has 2 unspecified atom stereocenters. The zero-order chi connectivity index (χ0) is 13.3. The number of piperidine rings is 1. The van der Waals surface area contributed by atoms with Crippen molar-refractivity contribution >= 4 is 5.91 Å². The van der Waals surface area contributed by atoms with Crippen molar-refractivity contribution in [3.05, 3.63) is 17.5 Å². The average Bonchev–Trinajstić information content (AvgIpc) is 2.70. The molecule has 5 heteroatoms. The highest BCUT2D eigenvalue weighted by atomic mass is 16.2. The van der Waals surface area contributed by atoms with E-state index in [0.29, 0.717) is 24.1 Å². The van der Waals surface area contributed by atoms with Crippen LogP contribution in [0.4, 0.5) is 0 Å². The molecule has 1 aliphatic heterocycles. The smallest absolute Gasteiger partial charge is 0.257 e. The first-order chi connectivity index (χ1) is 8.54. The summed E-state index contributed by atoms with van der Waals surface area (Å²) in [5.41, 5.74) is 7.36. The fourth-order valence-electron chi connectivity index (χ4n) is 2.52.